The summed E-state index contributed by atoms with van der Waals surface area (Å²) in [4.78, 5) is 3.83. The first-order valence-corrected chi connectivity index (χ1v) is 6.78. The number of rotatable bonds is 4. The Morgan fingerprint density at radius 3 is 2.81 bits per heavy atom. The number of sulfonamides is 1. The average Bonchev–Trinajstić information content (AvgIpc) is 2.15. The number of anilines is 1. The van der Waals surface area contributed by atoms with Crippen LogP contribution < -0.4 is 10.5 Å². The zero-order valence-corrected chi connectivity index (χ0v) is 9.70. The molecule has 1 aliphatic carbocycles. The van der Waals surface area contributed by atoms with Gasteiger partial charge in [-0.2, -0.15) is 0 Å². The molecular formula is C10H15N3O2S. The molecule has 16 heavy (non-hydrogen) atoms. The summed E-state index contributed by atoms with van der Waals surface area (Å²) in [5.74, 6) is 0.524. The fourth-order valence-electron chi connectivity index (χ4n) is 1.63. The van der Waals surface area contributed by atoms with Crippen LogP contribution in [0.5, 0.6) is 0 Å². The Bertz CT molecular complexity index is 469. The monoisotopic (exact) mass is 241 g/mol. The molecule has 1 aromatic rings. The van der Waals surface area contributed by atoms with E-state index in [0.29, 0.717) is 12.5 Å². The van der Waals surface area contributed by atoms with E-state index in [-0.39, 0.29) is 10.7 Å². The Morgan fingerprint density at radius 2 is 2.25 bits per heavy atom. The molecule has 0 unspecified atom stereocenters. The molecule has 1 aliphatic rings. The molecule has 88 valence electrons. The molecule has 1 aromatic heterocycles. The van der Waals surface area contributed by atoms with Crippen molar-refractivity contribution in [2.45, 2.75) is 24.2 Å². The number of pyridine rings is 1. The minimum atomic E-state index is -3.50. The molecule has 0 aliphatic heterocycles. The summed E-state index contributed by atoms with van der Waals surface area (Å²) < 4.78 is 26.3. The lowest BCUT2D eigenvalue weighted by Crippen LogP contribution is -2.32. The lowest BCUT2D eigenvalue weighted by molar-refractivity contribution is 0.316. The Labute approximate surface area is 95.1 Å². The van der Waals surface area contributed by atoms with Crippen LogP contribution in [-0.2, 0) is 10.0 Å². The minimum Gasteiger partial charge on any atom is -0.383 e. The van der Waals surface area contributed by atoms with Crippen LogP contribution in [-0.4, -0.2) is 19.9 Å². The molecule has 1 saturated carbocycles. The summed E-state index contributed by atoms with van der Waals surface area (Å²) in [7, 11) is -3.50. The number of hydrogen-bond acceptors (Lipinski definition) is 4. The van der Waals surface area contributed by atoms with E-state index in [2.05, 4.69) is 9.71 Å². The lowest BCUT2D eigenvalue weighted by atomic mass is 9.86. The summed E-state index contributed by atoms with van der Waals surface area (Å²) in [6, 6.07) is 3.03. The second kappa shape index (κ2) is 4.39. The van der Waals surface area contributed by atoms with Gasteiger partial charge < -0.3 is 5.73 Å². The molecule has 1 heterocycles. The highest BCUT2D eigenvalue weighted by Gasteiger charge is 2.22. The predicted octanol–water partition coefficient (Wildman–Crippen LogP) is 0.742. The Morgan fingerprint density at radius 1 is 1.50 bits per heavy atom. The van der Waals surface area contributed by atoms with Gasteiger partial charge in [0.1, 0.15) is 10.7 Å². The Hall–Kier alpha value is -1.14. The number of aromatic nitrogens is 1. The van der Waals surface area contributed by atoms with Crippen molar-refractivity contribution in [2.75, 3.05) is 12.3 Å². The molecule has 0 radical (unpaired) electrons. The van der Waals surface area contributed by atoms with Gasteiger partial charge in [-0.1, -0.05) is 6.42 Å². The molecule has 2 rings (SSSR count). The molecule has 0 atom stereocenters. The number of nitrogens with one attached hydrogen (secondary N) is 1. The molecule has 0 amide bonds. The molecule has 0 spiro atoms. The van der Waals surface area contributed by atoms with Crippen molar-refractivity contribution in [1.29, 1.82) is 0 Å². The van der Waals surface area contributed by atoms with Crippen LogP contribution in [0.3, 0.4) is 0 Å². The van der Waals surface area contributed by atoms with E-state index in [0.717, 1.165) is 12.8 Å². The van der Waals surface area contributed by atoms with Gasteiger partial charge >= 0.3 is 0 Å². The first kappa shape index (κ1) is 11.3. The highest BCUT2D eigenvalue weighted by molar-refractivity contribution is 7.89. The molecule has 5 nitrogen and oxygen atoms in total. The van der Waals surface area contributed by atoms with E-state index in [9.17, 15) is 8.42 Å². The van der Waals surface area contributed by atoms with Crippen LogP contribution in [0.2, 0.25) is 0 Å². The Kier molecular flexibility index (Phi) is 3.11. The van der Waals surface area contributed by atoms with Crippen molar-refractivity contribution in [1.82, 2.24) is 9.71 Å². The van der Waals surface area contributed by atoms with Crippen LogP contribution in [0, 0.1) is 5.92 Å². The number of hydrogen-bond donors (Lipinski definition) is 2. The average molecular weight is 241 g/mol. The van der Waals surface area contributed by atoms with Crippen molar-refractivity contribution in [3.05, 3.63) is 18.3 Å². The third-order valence-electron chi connectivity index (χ3n) is 2.88. The maximum atomic E-state index is 11.9. The van der Waals surface area contributed by atoms with Crippen LogP contribution in [0.15, 0.2) is 23.2 Å². The third kappa shape index (κ3) is 2.33. The largest absolute Gasteiger partial charge is 0.383 e. The summed E-state index contributed by atoms with van der Waals surface area (Å²) in [6.45, 7) is 0.497. The quantitative estimate of drug-likeness (QED) is 0.814. The van der Waals surface area contributed by atoms with Crippen molar-refractivity contribution < 1.29 is 8.42 Å². The summed E-state index contributed by atoms with van der Waals surface area (Å²) in [5, 5.41) is 0. The van der Waals surface area contributed by atoms with E-state index in [1.165, 1.54) is 18.7 Å². The van der Waals surface area contributed by atoms with E-state index >= 15 is 0 Å². The van der Waals surface area contributed by atoms with Gasteiger partial charge in [0.15, 0.2) is 0 Å². The van der Waals surface area contributed by atoms with Crippen molar-refractivity contribution >= 4 is 15.8 Å². The van der Waals surface area contributed by atoms with Gasteiger partial charge in [-0.3, -0.25) is 0 Å². The first-order chi connectivity index (χ1) is 7.59. The van der Waals surface area contributed by atoms with E-state index in [4.69, 9.17) is 5.73 Å². The van der Waals surface area contributed by atoms with Gasteiger partial charge in [-0.25, -0.2) is 18.1 Å². The van der Waals surface area contributed by atoms with Gasteiger partial charge in [0, 0.05) is 12.7 Å². The lowest BCUT2D eigenvalue weighted by Gasteiger charge is -2.25. The van der Waals surface area contributed by atoms with Crippen LogP contribution in [0.25, 0.3) is 0 Å². The number of nitrogen functional groups attached to an aromatic ring is 1. The number of nitrogens with zero attached hydrogens (tertiary/aromatic N) is 1. The molecule has 6 heteroatoms. The van der Waals surface area contributed by atoms with Gasteiger partial charge in [0.05, 0.1) is 0 Å². The smallest absolute Gasteiger partial charge is 0.244 e. The van der Waals surface area contributed by atoms with E-state index < -0.39 is 10.0 Å². The maximum Gasteiger partial charge on any atom is 0.244 e. The molecule has 1 fully saturated rings. The normalized spacial score (nSPS) is 17.0. The van der Waals surface area contributed by atoms with Crippen LogP contribution in [0.4, 0.5) is 5.82 Å². The van der Waals surface area contributed by atoms with Crippen molar-refractivity contribution in [3.63, 3.8) is 0 Å². The molecule has 0 saturated heterocycles. The van der Waals surface area contributed by atoms with E-state index in [1.54, 1.807) is 6.07 Å². The summed E-state index contributed by atoms with van der Waals surface area (Å²) >= 11 is 0. The predicted molar refractivity (Wildman–Crippen MR) is 61.2 cm³/mol. The van der Waals surface area contributed by atoms with Crippen molar-refractivity contribution in [3.8, 4) is 0 Å². The minimum absolute atomic E-state index is 0.0450. The highest BCUT2D eigenvalue weighted by Crippen LogP contribution is 2.26. The van der Waals surface area contributed by atoms with Gasteiger partial charge in [0.2, 0.25) is 10.0 Å². The summed E-state index contributed by atoms with van der Waals surface area (Å²) in [6.07, 6.45) is 4.87. The zero-order valence-electron chi connectivity index (χ0n) is 8.89. The van der Waals surface area contributed by atoms with Crippen LogP contribution in [0.1, 0.15) is 19.3 Å². The molecule has 0 aromatic carbocycles. The van der Waals surface area contributed by atoms with Gasteiger partial charge in [-0.15, -0.1) is 0 Å². The summed E-state index contributed by atoms with van der Waals surface area (Å²) in [5.41, 5.74) is 5.53. The Balaban J connectivity index is 2.09. The van der Waals surface area contributed by atoms with Crippen LogP contribution >= 0.6 is 0 Å². The fourth-order valence-corrected chi connectivity index (χ4v) is 2.83. The first-order valence-electron chi connectivity index (χ1n) is 5.30. The topological polar surface area (TPSA) is 85.1 Å². The molecule has 3 N–H and O–H groups in total. The second-order valence-electron chi connectivity index (χ2n) is 4.04. The third-order valence-corrected chi connectivity index (χ3v) is 4.35. The van der Waals surface area contributed by atoms with Crippen molar-refractivity contribution in [2.24, 2.45) is 5.92 Å². The maximum absolute atomic E-state index is 11.9. The zero-order chi connectivity index (χ0) is 11.6. The van der Waals surface area contributed by atoms with Gasteiger partial charge in [-0.05, 0) is 30.9 Å². The molecule has 0 bridgehead atoms. The van der Waals surface area contributed by atoms with E-state index in [1.807, 2.05) is 0 Å². The SMILES string of the molecule is Nc1ncccc1S(=O)(=O)NCC1CCC1. The fraction of sp³-hybridized carbons (Fsp3) is 0.500. The second-order valence-corrected chi connectivity index (χ2v) is 5.77. The van der Waals surface area contributed by atoms with Gasteiger partial charge in [0.25, 0.3) is 0 Å². The molecular weight excluding hydrogens is 226 g/mol. The standard InChI is InChI=1S/C10H15N3O2S/c11-10-9(5-2-6-12-10)16(14,15)13-7-8-3-1-4-8/h2,5-6,8,13H,1,3-4,7H2,(H2,11,12). The highest BCUT2D eigenvalue weighted by atomic mass is 32.2. The number of nitrogens with two attached hydrogens (primary N) is 1.